The minimum atomic E-state index is -0.231. The molecule has 1 aliphatic rings. The van der Waals surface area contributed by atoms with Crippen LogP contribution in [0.3, 0.4) is 0 Å². The number of nitrogens with zero attached hydrogens (tertiary/aromatic N) is 3. The van der Waals surface area contributed by atoms with Gasteiger partial charge in [0.25, 0.3) is 0 Å². The lowest BCUT2D eigenvalue weighted by molar-refractivity contribution is 0.236. The summed E-state index contributed by atoms with van der Waals surface area (Å²) in [4.78, 5) is 11.1. The van der Waals surface area contributed by atoms with Gasteiger partial charge in [-0.3, -0.25) is 9.88 Å². The predicted octanol–water partition coefficient (Wildman–Crippen LogP) is 3.00. The van der Waals surface area contributed by atoms with Crippen molar-refractivity contribution < 1.29 is 9.13 Å². The van der Waals surface area contributed by atoms with E-state index in [1.54, 1.807) is 31.6 Å². The minimum absolute atomic E-state index is 0.153. The van der Waals surface area contributed by atoms with E-state index in [1.807, 2.05) is 7.05 Å². The Morgan fingerprint density at radius 1 is 1.39 bits per heavy atom. The van der Waals surface area contributed by atoms with Crippen LogP contribution < -0.4 is 10.1 Å². The van der Waals surface area contributed by atoms with Gasteiger partial charge in [-0.15, -0.1) is 0 Å². The summed E-state index contributed by atoms with van der Waals surface area (Å²) in [6.45, 7) is 1.42. The zero-order chi connectivity index (χ0) is 16.2. The lowest BCUT2D eigenvalue weighted by Gasteiger charge is -2.25. The number of ether oxygens (including phenoxy) is 1. The fraction of sp³-hybridized carbons (Fsp3) is 0.412. The molecule has 1 unspecified atom stereocenters. The number of halogens is 1. The molecule has 122 valence electrons. The summed E-state index contributed by atoms with van der Waals surface area (Å²) >= 11 is 0. The van der Waals surface area contributed by atoms with Crippen LogP contribution in [0.25, 0.3) is 0 Å². The molecule has 0 spiro atoms. The van der Waals surface area contributed by atoms with Crippen molar-refractivity contribution >= 4 is 5.82 Å². The zero-order valence-corrected chi connectivity index (χ0v) is 13.4. The second kappa shape index (κ2) is 6.91. The summed E-state index contributed by atoms with van der Waals surface area (Å²) in [5.41, 5.74) is 1.52. The number of aromatic nitrogens is 2. The van der Waals surface area contributed by atoms with E-state index in [2.05, 4.69) is 20.2 Å². The number of hydrogen-bond donors (Lipinski definition) is 1. The fourth-order valence-corrected chi connectivity index (χ4v) is 3.10. The van der Waals surface area contributed by atoms with Crippen molar-refractivity contribution in [3.05, 3.63) is 47.7 Å². The van der Waals surface area contributed by atoms with Gasteiger partial charge in [0.15, 0.2) is 0 Å². The first-order valence-electron chi connectivity index (χ1n) is 7.78. The van der Waals surface area contributed by atoms with Gasteiger partial charge in [0.05, 0.1) is 31.2 Å². The van der Waals surface area contributed by atoms with E-state index in [-0.39, 0.29) is 11.9 Å². The average molecular weight is 316 g/mol. The van der Waals surface area contributed by atoms with E-state index in [0.29, 0.717) is 17.9 Å². The number of likely N-dealkylation sites (tertiary alicyclic amines) is 1. The molecule has 2 aromatic rings. The van der Waals surface area contributed by atoms with Crippen molar-refractivity contribution in [2.75, 3.05) is 26.0 Å². The van der Waals surface area contributed by atoms with Crippen molar-refractivity contribution in [1.82, 2.24) is 14.9 Å². The fourth-order valence-electron chi connectivity index (χ4n) is 3.10. The summed E-state index contributed by atoms with van der Waals surface area (Å²) in [6.07, 6.45) is 5.55. The molecule has 0 saturated carbocycles. The first kappa shape index (κ1) is 15.7. The third-order valence-electron chi connectivity index (χ3n) is 4.27. The molecular weight excluding hydrogens is 295 g/mol. The Kier molecular flexibility index (Phi) is 4.71. The van der Waals surface area contributed by atoms with Crippen LogP contribution in [0.15, 0.2) is 30.6 Å². The molecule has 0 radical (unpaired) electrons. The number of benzene rings is 1. The zero-order valence-electron chi connectivity index (χ0n) is 13.4. The number of nitrogens with one attached hydrogen (secondary N) is 1. The molecule has 6 heteroatoms. The summed E-state index contributed by atoms with van der Waals surface area (Å²) in [5, 5.41) is 3.01. The molecule has 1 atom stereocenters. The molecule has 1 aromatic heterocycles. The molecule has 1 N–H and O–H groups in total. The SMILES string of the molecule is CNc1cncc(C2CCCN2Cc2c(F)cccc2OC)n1. The number of hydrogen-bond acceptors (Lipinski definition) is 5. The molecule has 1 aliphatic heterocycles. The van der Waals surface area contributed by atoms with E-state index in [9.17, 15) is 4.39 Å². The van der Waals surface area contributed by atoms with Gasteiger partial charge in [0.2, 0.25) is 0 Å². The highest BCUT2D eigenvalue weighted by atomic mass is 19.1. The smallest absolute Gasteiger partial charge is 0.144 e. The molecule has 0 aliphatic carbocycles. The van der Waals surface area contributed by atoms with Crippen LogP contribution in [0, 0.1) is 5.82 Å². The quantitative estimate of drug-likeness (QED) is 0.919. The molecule has 23 heavy (non-hydrogen) atoms. The topological polar surface area (TPSA) is 50.3 Å². The molecule has 1 fully saturated rings. The van der Waals surface area contributed by atoms with E-state index >= 15 is 0 Å². The van der Waals surface area contributed by atoms with Gasteiger partial charge in [-0.1, -0.05) is 6.07 Å². The second-order valence-electron chi connectivity index (χ2n) is 5.63. The minimum Gasteiger partial charge on any atom is -0.496 e. The highest BCUT2D eigenvalue weighted by Gasteiger charge is 2.29. The molecule has 2 heterocycles. The van der Waals surface area contributed by atoms with Crippen LogP contribution in [-0.4, -0.2) is 35.6 Å². The standard InChI is InChI=1S/C17H21FN4O/c1-19-17-10-20-9-14(21-17)15-6-4-8-22(15)11-12-13(18)5-3-7-16(12)23-2/h3,5,7,9-10,15H,4,6,8,11H2,1-2H3,(H,19,21). The van der Waals surface area contributed by atoms with Crippen molar-refractivity contribution in [2.45, 2.75) is 25.4 Å². The molecule has 5 nitrogen and oxygen atoms in total. The summed E-state index contributed by atoms with van der Waals surface area (Å²) in [6, 6.07) is 5.09. The predicted molar refractivity (Wildman–Crippen MR) is 86.9 cm³/mol. The van der Waals surface area contributed by atoms with Crippen molar-refractivity contribution in [2.24, 2.45) is 0 Å². The largest absolute Gasteiger partial charge is 0.496 e. The molecule has 3 rings (SSSR count). The Bertz CT molecular complexity index is 679. The maximum Gasteiger partial charge on any atom is 0.144 e. The van der Waals surface area contributed by atoms with Gasteiger partial charge in [-0.05, 0) is 31.5 Å². The van der Waals surface area contributed by atoms with Gasteiger partial charge in [-0.25, -0.2) is 9.37 Å². The third kappa shape index (κ3) is 3.27. The molecule has 0 bridgehead atoms. The van der Waals surface area contributed by atoms with Gasteiger partial charge in [0, 0.05) is 19.2 Å². The highest BCUT2D eigenvalue weighted by Crippen LogP contribution is 2.34. The van der Waals surface area contributed by atoms with Crippen LogP contribution in [0.2, 0.25) is 0 Å². The second-order valence-corrected chi connectivity index (χ2v) is 5.63. The highest BCUT2D eigenvalue weighted by molar-refractivity contribution is 5.35. The molecule has 1 aromatic carbocycles. The number of anilines is 1. The van der Waals surface area contributed by atoms with Gasteiger partial charge >= 0.3 is 0 Å². The Labute approximate surface area is 135 Å². The maximum atomic E-state index is 14.2. The van der Waals surface area contributed by atoms with Gasteiger partial charge in [0.1, 0.15) is 17.4 Å². The summed E-state index contributed by atoms with van der Waals surface area (Å²) < 4.78 is 19.5. The van der Waals surface area contributed by atoms with Gasteiger partial charge in [-0.2, -0.15) is 0 Å². The van der Waals surface area contributed by atoms with Crippen molar-refractivity contribution in [3.8, 4) is 5.75 Å². The van der Waals surface area contributed by atoms with Crippen LogP contribution in [0.1, 0.15) is 30.1 Å². The lowest BCUT2D eigenvalue weighted by Crippen LogP contribution is -2.24. The third-order valence-corrected chi connectivity index (χ3v) is 4.27. The van der Waals surface area contributed by atoms with Crippen molar-refractivity contribution in [1.29, 1.82) is 0 Å². The van der Waals surface area contributed by atoms with E-state index in [1.165, 1.54) is 6.07 Å². The molecule has 1 saturated heterocycles. The van der Waals surface area contributed by atoms with Crippen LogP contribution in [0.5, 0.6) is 5.75 Å². The van der Waals surface area contributed by atoms with Crippen LogP contribution >= 0.6 is 0 Å². The molecule has 0 amide bonds. The van der Waals surface area contributed by atoms with Crippen molar-refractivity contribution in [3.63, 3.8) is 0 Å². The van der Waals surface area contributed by atoms with Crippen LogP contribution in [0.4, 0.5) is 10.2 Å². The average Bonchev–Trinajstić information content (AvgIpc) is 3.05. The first-order chi connectivity index (χ1) is 11.2. The van der Waals surface area contributed by atoms with E-state index in [4.69, 9.17) is 4.74 Å². The summed E-state index contributed by atoms with van der Waals surface area (Å²) in [5.74, 6) is 1.11. The molecular formula is C17H21FN4O. The monoisotopic (exact) mass is 316 g/mol. The number of methoxy groups -OCH3 is 1. The Balaban J connectivity index is 1.85. The normalized spacial score (nSPS) is 18.1. The van der Waals surface area contributed by atoms with E-state index < -0.39 is 0 Å². The summed E-state index contributed by atoms with van der Waals surface area (Å²) in [7, 11) is 3.39. The Morgan fingerprint density at radius 3 is 3.04 bits per heavy atom. The maximum absolute atomic E-state index is 14.2. The Morgan fingerprint density at radius 2 is 2.26 bits per heavy atom. The van der Waals surface area contributed by atoms with Crippen LogP contribution in [-0.2, 0) is 6.54 Å². The first-order valence-corrected chi connectivity index (χ1v) is 7.78. The van der Waals surface area contributed by atoms with E-state index in [0.717, 1.165) is 30.9 Å². The number of rotatable bonds is 5. The Hall–Kier alpha value is -2.21. The lowest BCUT2D eigenvalue weighted by atomic mass is 10.1. The van der Waals surface area contributed by atoms with Gasteiger partial charge < -0.3 is 10.1 Å².